The van der Waals surface area contributed by atoms with Crippen LogP contribution in [0, 0.1) is 5.82 Å². The second-order valence-corrected chi connectivity index (χ2v) is 3.97. The first kappa shape index (κ1) is 12.9. The molecule has 0 saturated heterocycles. The van der Waals surface area contributed by atoms with E-state index < -0.39 is 11.4 Å². The normalized spacial score (nSPS) is 11.6. The van der Waals surface area contributed by atoms with Gasteiger partial charge in [0.05, 0.1) is 18.8 Å². The molecule has 0 aromatic heterocycles. The lowest BCUT2D eigenvalue weighted by atomic mass is 10.0. The second kappa shape index (κ2) is 5.25. The molecule has 0 amide bonds. The van der Waals surface area contributed by atoms with E-state index in [1.807, 2.05) is 0 Å². The second-order valence-electron chi connectivity index (χ2n) is 3.97. The fourth-order valence-electron chi connectivity index (χ4n) is 1.34. The van der Waals surface area contributed by atoms with Gasteiger partial charge in [-0.2, -0.15) is 0 Å². The molecule has 0 aliphatic carbocycles. The maximum absolute atomic E-state index is 13.4. The van der Waals surface area contributed by atoms with Crippen molar-refractivity contribution in [2.75, 3.05) is 18.5 Å². The van der Waals surface area contributed by atoms with Crippen LogP contribution >= 0.6 is 0 Å². The maximum atomic E-state index is 13.4. The standard InChI is InChI=1S/C11H17FN2O2/c1-11(6-15,7-16)14-10-4-2-3-9(12)8(10)5-13/h2-4,14-16H,5-7,13H2,1H3. The lowest BCUT2D eigenvalue weighted by Gasteiger charge is -2.28. The van der Waals surface area contributed by atoms with Gasteiger partial charge in [0.1, 0.15) is 5.82 Å². The van der Waals surface area contributed by atoms with Crippen molar-refractivity contribution in [3.63, 3.8) is 0 Å². The third kappa shape index (κ3) is 2.69. The SMILES string of the molecule is CC(CO)(CO)Nc1cccc(F)c1CN. The molecule has 4 nitrogen and oxygen atoms in total. The highest BCUT2D eigenvalue weighted by molar-refractivity contribution is 5.53. The molecule has 0 radical (unpaired) electrons. The van der Waals surface area contributed by atoms with Gasteiger partial charge in [0.2, 0.25) is 0 Å². The topological polar surface area (TPSA) is 78.5 Å². The van der Waals surface area contributed by atoms with Crippen molar-refractivity contribution in [2.45, 2.75) is 19.0 Å². The smallest absolute Gasteiger partial charge is 0.129 e. The molecule has 0 saturated carbocycles. The lowest BCUT2D eigenvalue weighted by Crippen LogP contribution is -2.42. The summed E-state index contributed by atoms with van der Waals surface area (Å²) in [6.07, 6.45) is 0. The molecule has 5 heteroatoms. The van der Waals surface area contributed by atoms with E-state index in [2.05, 4.69) is 5.32 Å². The summed E-state index contributed by atoms with van der Waals surface area (Å²) < 4.78 is 13.4. The minimum absolute atomic E-state index is 0.0575. The van der Waals surface area contributed by atoms with E-state index in [0.717, 1.165) is 0 Å². The molecule has 0 unspecified atom stereocenters. The highest BCUT2D eigenvalue weighted by atomic mass is 19.1. The Bertz CT molecular complexity index is 354. The number of hydrogen-bond acceptors (Lipinski definition) is 4. The van der Waals surface area contributed by atoms with Crippen LogP contribution in [0.4, 0.5) is 10.1 Å². The van der Waals surface area contributed by atoms with Crippen LogP contribution in [0.1, 0.15) is 12.5 Å². The average molecular weight is 228 g/mol. The summed E-state index contributed by atoms with van der Waals surface area (Å²) in [5.41, 5.74) is 5.39. The quantitative estimate of drug-likeness (QED) is 0.589. The van der Waals surface area contributed by atoms with Gasteiger partial charge >= 0.3 is 0 Å². The lowest BCUT2D eigenvalue weighted by molar-refractivity contribution is 0.147. The molecule has 0 aliphatic heterocycles. The maximum Gasteiger partial charge on any atom is 0.129 e. The number of rotatable bonds is 5. The Kier molecular flexibility index (Phi) is 4.23. The van der Waals surface area contributed by atoms with E-state index >= 15 is 0 Å². The van der Waals surface area contributed by atoms with Gasteiger partial charge in [-0.15, -0.1) is 0 Å². The Morgan fingerprint density at radius 2 is 2.00 bits per heavy atom. The highest BCUT2D eigenvalue weighted by Crippen LogP contribution is 2.22. The number of nitrogens with two attached hydrogens (primary N) is 1. The van der Waals surface area contributed by atoms with Crippen LogP contribution < -0.4 is 11.1 Å². The van der Waals surface area contributed by atoms with E-state index in [9.17, 15) is 4.39 Å². The molecule has 5 N–H and O–H groups in total. The molecule has 0 heterocycles. The van der Waals surface area contributed by atoms with Gasteiger partial charge in [-0.1, -0.05) is 6.07 Å². The summed E-state index contributed by atoms with van der Waals surface area (Å²) in [4.78, 5) is 0. The summed E-state index contributed by atoms with van der Waals surface area (Å²) in [5, 5.41) is 21.2. The number of nitrogens with one attached hydrogen (secondary N) is 1. The van der Waals surface area contributed by atoms with Crippen LogP contribution in [0.2, 0.25) is 0 Å². The van der Waals surface area contributed by atoms with Crippen molar-refractivity contribution in [3.05, 3.63) is 29.6 Å². The zero-order chi connectivity index (χ0) is 12.2. The first-order valence-electron chi connectivity index (χ1n) is 5.03. The molecule has 0 atom stereocenters. The zero-order valence-electron chi connectivity index (χ0n) is 9.20. The number of hydrogen-bond donors (Lipinski definition) is 4. The molecule has 0 aliphatic rings. The Balaban J connectivity index is 3.01. The zero-order valence-corrected chi connectivity index (χ0v) is 9.20. The van der Waals surface area contributed by atoms with Gasteiger partial charge in [0.25, 0.3) is 0 Å². The summed E-state index contributed by atoms with van der Waals surface area (Å²) in [7, 11) is 0. The Hall–Kier alpha value is -1.17. The minimum atomic E-state index is -0.891. The first-order chi connectivity index (χ1) is 7.56. The number of benzene rings is 1. The third-order valence-corrected chi connectivity index (χ3v) is 2.46. The van der Waals surface area contributed by atoms with Crippen molar-refractivity contribution >= 4 is 5.69 Å². The molecule has 0 spiro atoms. The average Bonchev–Trinajstić information content (AvgIpc) is 2.29. The Labute approximate surface area is 93.9 Å². The number of halogens is 1. The van der Waals surface area contributed by atoms with E-state index in [1.165, 1.54) is 6.07 Å². The molecule has 0 fully saturated rings. The van der Waals surface area contributed by atoms with E-state index in [0.29, 0.717) is 11.3 Å². The van der Waals surface area contributed by atoms with Gasteiger partial charge in [-0.25, -0.2) is 4.39 Å². The fourth-order valence-corrected chi connectivity index (χ4v) is 1.34. The van der Waals surface area contributed by atoms with Crippen LogP contribution in [-0.2, 0) is 6.54 Å². The van der Waals surface area contributed by atoms with E-state index in [1.54, 1.807) is 19.1 Å². The largest absolute Gasteiger partial charge is 0.394 e. The van der Waals surface area contributed by atoms with Crippen LogP contribution in [0.5, 0.6) is 0 Å². The van der Waals surface area contributed by atoms with E-state index in [-0.39, 0.29) is 19.8 Å². The number of aliphatic hydroxyl groups excluding tert-OH is 2. The highest BCUT2D eigenvalue weighted by Gasteiger charge is 2.23. The number of aliphatic hydroxyl groups is 2. The van der Waals surface area contributed by atoms with Gasteiger partial charge in [-0.3, -0.25) is 0 Å². The Morgan fingerprint density at radius 1 is 1.38 bits per heavy atom. The molecular formula is C11H17FN2O2. The molecule has 90 valence electrons. The van der Waals surface area contributed by atoms with Crippen molar-refractivity contribution in [1.82, 2.24) is 0 Å². The summed E-state index contributed by atoms with van der Waals surface area (Å²) in [6, 6.07) is 4.53. The fraction of sp³-hybridized carbons (Fsp3) is 0.455. The van der Waals surface area contributed by atoms with Crippen molar-refractivity contribution < 1.29 is 14.6 Å². The molecule has 1 aromatic rings. The summed E-state index contributed by atoms with van der Waals surface area (Å²) >= 11 is 0. The molecule has 0 bridgehead atoms. The van der Waals surface area contributed by atoms with Crippen LogP contribution in [-0.4, -0.2) is 29.0 Å². The van der Waals surface area contributed by atoms with E-state index in [4.69, 9.17) is 15.9 Å². The molecule has 1 aromatic carbocycles. The van der Waals surface area contributed by atoms with Crippen molar-refractivity contribution in [1.29, 1.82) is 0 Å². The predicted molar refractivity (Wildman–Crippen MR) is 60.5 cm³/mol. The summed E-state index contributed by atoms with van der Waals surface area (Å²) in [6.45, 7) is 1.17. The third-order valence-electron chi connectivity index (χ3n) is 2.46. The molecule has 1 rings (SSSR count). The van der Waals surface area contributed by atoms with Crippen molar-refractivity contribution in [3.8, 4) is 0 Å². The molecular weight excluding hydrogens is 211 g/mol. The van der Waals surface area contributed by atoms with Gasteiger partial charge in [-0.05, 0) is 19.1 Å². The van der Waals surface area contributed by atoms with Gasteiger partial charge in [0.15, 0.2) is 0 Å². The van der Waals surface area contributed by atoms with Crippen molar-refractivity contribution in [2.24, 2.45) is 5.73 Å². The first-order valence-corrected chi connectivity index (χ1v) is 5.03. The Morgan fingerprint density at radius 3 is 2.50 bits per heavy atom. The molecule has 16 heavy (non-hydrogen) atoms. The summed E-state index contributed by atoms with van der Waals surface area (Å²) in [5.74, 6) is -0.397. The van der Waals surface area contributed by atoms with Gasteiger partial charge < -0.3 is 21.3 Å². The number of anilines is 1. The van der Waals surface area contributed by atoms with Crippen LogP contribution in [0.3, 0.4) is 0 Å². The minimum Gasteiger partial charge on any atom is -0.394 e. The van der Waals surface area contributed by atoms with Crippen LogP contribution in [0.15, 0.2) is 18.2 Å². The van der Waals surface area contributed by atoms with Crippen LogP contribution in [0.25, 0.3) is 0 Å². The van der Waals surface area contributed by atoms with Gasteiger partial charge in [0, 0.05) is 17.8 Å². The predicted octanol–water partition coefficient (Wildman–Crippen LogP) is 0.440. The monoisotopic (exact) mass is 228 g/mol.